The first kappa shape index (κ1) is 15.6. The summed E-state index contributed by atoms with van der Waals surface area (Å²) in [7, 11) is 2.11. The third-order valence-corrected chi connectivity index (χ3v) is 5.19. The van der Waals surface area contributed by atoms with Gasteiger partial charge in [-0.15, -0.1) is 0 Å². The van der Waals surface area contributed by atoms with E-state index in [-0.39, 0.29) is 5.41 Å². The summed E-state index contributed by atoms with van der Waals surface area (Å²) in [6, 6.07) is 9.76. The van der Waals surface area contributed by atoms with E-state index in [9.17, 15) is 0 Å². The van der Waals surface area contributed by atoms with Gasteiger partial charge in [-0.1, -0.05) is 65.3 Å². The minimum atomic E-state index is 0.236. The smallest absolute Gasteiger partial charge is 0.0351 e. The monoisotopic (exact) mass is 273 g/mol. The van der Waals surface area contributed by atoms with Crippen LogP contribution in [0.5, 0.6) is 0 Å². The Balaban J connectivity index is 2.24. The minimum absolute atomic E-state index is 0.236. The maximum Gasteiger partial charge on any atom is 0.0351 e. The number of hydrogen-bond donors (Lipinski definition) is 1. The zero-order chi connectivity index (χ0) is 15.0. The largest absolute Gasteiger partial charge is 0.313 e. The average Bonchev–Trinajstić information content (AvgIpc) is 2.70. The molecule has 1 fully saturated rings. The summed E-state index contributed by atoms with van der Waals surface area (Å²) in [6.07, 6.45) is 4.07. The SMILES string of the molecule is CNC(c1ccc(C(C)(C)C)cc1)C1CCCC1(C)C. The number of hydrogen-bond acceptors (Lipinski definition) is 1. The maximum absolute atomic E-state index is 3.57. The van der Waals surface area contributed by atoms with Gasteiger partial charge < -0.3 is 5.32 Å². The van der Waals surface area contributed by atoms with E-state index in [1.54, 1.807) is 0 Å². The topological polar surface area (TPSA) is 12.0 Å². The minimum Gasteiger partial charge on any atom is -0.313 e. The molecule has 1 heteroatoms. The van der Waals surface area contributed by atoms with Gasteiger partial charge in [0, 0.05) is 6.04 Å². The van der Waals surface area contributed by atoms with Crippen molar-refractivity contribution in [1.82, 2.24) is 5.32 Å². The maximum atomic E-state index is 3.57. The highest BCUT2D eigenvalue weighted by atomic mass is 14.9. The molecule has 20 heavy (non-hydrogen) atoms. The van der Waals surface area contributed by atoms with Crippen LogP contribution in [0.2, 0.25) is 0 Å². The quantitative estimate of drug-likeness (QED) is 0.810. The standard InChI is InChI=1S/C19H31N/c1-18(2,3)15-11-9-14(10-12-15)17(20-6)16-8-7-13-19(16,4)5/h9-12,16-17,20H,7-8,13H2,1-6H3. The molecule has 0 spiro atoms. The van der Waals surface area contributed by atoms with Crippen LogP contribution < -0.4 is 5.32 Å². The first-order valence-corrected chi connectivity index (χ1v) is 8.03. The molecule has 1 saturated carbocycles. The van der Waals surface area contributed by atoms with Gasteiger partial charge in [-0.05, 0) is 47.8 Å². The second-order valence-corrected chi connectivity index (χ2v) is 8.13. The summed E-state index contributed by atoms with van der Waals surface area (Å²) in [5, 5.41) is 3.57. The Morgan fingerprint density at radius 3 is 2.15 bits per heavy atom. The zero-order valence-electron chi connectivity index (χ0n) is 14.1. The number of benzene rings is 1. The van der Waals surface area contributed by atoms with Gasteiger partial charge in [0.05, 0.1) is 0 Å². The first-order valence-electron chi connectivity index (χ1n) is 8.03. The summed E-state index contributed by atoms with van der Waals surface area (Å²) < 4.78 is 0. The van der Waals surface area contributed by atoms with Crippen molar-refractivity contribution >= 4 is 0 Å². The fourth-order valence-electron chi connectivity index (χ4n) is 3.76. The Morgan fingerprint density at radius 2 is 1.75 bits per heavy atom. The molecule has 0 bridgehead atoms. The predicted molar refractivity (Wildman–Crippen MR) is 88.1 cm³/mol. The molecule has 1 aliphatic carbocycles. The summed E-state index contributed by atoms with van der Waals surface area (Å²) in [6.45, 7) is 11.7. The van der Waals surface area contributed by atoms with Crippen LogP contribution in [0.4, 0.5) is 0 Å². The molecule has 2 rings (SSSR count). The van der Waals surface area contributed by atoms with Gasteiger partial charge in [-0.3, -0.25) is 0 Å². The molecule has 0 aromatic heterocycles. The fourth-order valence-corrected chi connectivity index (χ4v) is 3.76. The zero-order valence-corrected chi connectivity index (χ0v) is 14.1. The second kappa shape index (κ2) is 5.52. The van der Waals surface area contributed by atoms with Crippen molar-refractivity contribution in [1.29, 1.82) is 0 Å². The van der Waals surface area contributed by atoms with Gasteiger partial charge in [-0.2, -0.15) is 0 Å². The Hall–Kier alpha value is -0.820. The van der Waals surface area contributed by atoms with Gasteiger partial charge in [0.2, 0.25) is 0 Å². The molecule has 2 atom stereocenters. The lowest BCUT2D eigenvalue weighted by molar-refractivity contribution is 0.203. The summed E-state index contributed by atoms with van der Waals surface area (Å²) >= 11 is 0. The summed E-state index contributed by atoms with van der Waals surface area (Å²) in [4.78, 5) is 0. The van der Waals surface area contributed by atoms with Crippen LogP contribution in [-0.4, -0.2) is 7.05 Å². The highest BCUT2D eigenvalue weighted by Crippen LogP contribution is 2.48. The van der Waals surface area contributed by atoms with Crippen LogP contribution in [0.25, 0.3) is 0 Å². The van der Waals surface area contributed by atoms with E-state index in [1.807, 2.05) is 0 Å². The van der Waals surface area contributed by atoms with Crippen LogP contribution in [0.3, 0.4) is 0 Å². The molecular weight excluding hydrogens is 242 g/mol. The lowest BCUT2D eigenvalue weighted by Gasteiger charge is -2.34. The van der Waals surface area contributed by atoms with Crippen LogP contribution >= 0.6 is 0 Å². The molecule has 1 nitrogen and oxygen atoms in total. The highest BCUT2D eigenvalue weighted by molar-refractivity contribution is 5.30. The second-order valence-electron chi connectivity index (χ2n) is 8.13. The van der Waals surface area contributed by atoms with Gasteiger partial charge in [0.1, 0.15) is 0 Å². The normalized spacial score (nSPS) is 23.8. The Kier molecular flexibility index (Phi) is 4.30. The molecule has 1 aliphatic rings. The van der Waals surface area contributed by atoms with E-state index >= 15 is 0 Å². The molecule has 112 valence electrons. The van der Waals surface area contributed by atoms with Crippen LogP contribution in [-0.2, 0) is 5.41 Å². The molecule has 0 radical (unpaired) electrons. The lowest BCUT2D eigenvalue weighted by Crippen LogP contribution is -2.32. The molecule has 0 saturated heterocycles. The van der Waals surface area contributed by atoms with Gasteiger partial charge in [-0.25, -0.2) is 0 Å². The van der Waals surface area contributed by atoms with Crippen molar-refractivity contribution in [3.63, 3.8) is 0 Å². The van der Waals surface area contributed by atoms with Crippen LogP contribution in [0.15, 0.2) is 24.3 Å². The average molecular weight is 273 g/mol. The van der Waals surface area contributed by atoms with E-state index in [0.29, 0.717) is 11.5 Å². The Morgan fingerprint density at radius 1 is 1.15 bits per heavy atom. The summed E-state index contributed by atoms with van der Waals surface area (Å²) in [5.74, 6) is 0.744. The van der Waals surface area contributed by atoms with Crippen molar-refractivity contribution in [2.75, 3.05) is 7.05 Å². The lowest BCUT2D eigenvalue weighted by atomic mass is 9.75. The first-order chi connectivity index (χ1) is 9.25. The fraction of sp³-hybridized carbons (Fsp3) is 0.684. The van der Waals surface area contributed by atoms with E-state index in [4.69, 9.17) is 0 Å². The highest BCUT2D eigenvalue weighted by Gasteiger charge is 2.39. The molecule has 2 unspecified atom stereocenters. The molecule has 0 amide bonds. The van der Waals surface area contributed by atoms with E-state index < -0.39 is 0 Å². The van der Waals surface area contributed by atoms with Crippen LogP contribution in [0.1, 0.15) is 71.0 Å². The molecule has 1 aromatic carbocycles. The van der Waals surface area contributed by atoms with E-state index in [1.165, 1.54) is 30.4 Å². The number of rotatable bonds is 3. The Labute approximate surface area is 125 Å². The van der Waals surface area contributed by atoms with Gasteiger partial charge in [0.15, 0.2) is 0 Å². The Bertz CT molecular complexity index is 436. The molecule has 1 aromatic rings. The van der Waals surface area contributed by atoms with E-state index in [0.717, 1.165) is 5.92 Å². The number of nitrogens with one attached hydrogen (secondary N) is 1. The van der Waals surface area contributed by atoms with Gasteiger partial charge >= 0.3 is 0 Å². The van der Waals surface area contributed by atoms with Gasteiger partial charge in [0.25, 0.3) is 0 Å². The van der Waals surface area contributed by atoms with Crippen molar-refractivity contribution in [3.8, 4) is 0 Å². The molecule has 0 aliphatic heterocycles. The van der Waals surface area contributed by atoms with E-state index in [2.05, 4.69) is 71.2 Å². The molecule has 1 N–H and O–H groups in total. The third kappa shape index (κ3) is 3.09. The van der Waals surface area contributed by atoms with Crippen molar-refractivity contribution in [2.24, 2.45) is 11.3 Å². The predicted octanol–water partition coefficient (Wildman–Crippen LogP) is 5.07. The van der Waals surface area contributed by atoms with Crippen molar-refractivity contribution < 1.29 is 0 Å². The molecular formula is C19H31N. The summed E-state index contributed by atoms with van der Waals surface area (Å²) in [5.41, 5.74) is 3.55. The van der Waals surface area contributed by atoms with Crippen molar-refractivity contribution in [3.05, 3.63) is 35.4 Å². The molecule has 0 heterocycles. The van der Waals surface area contributed by atoms with Crippen molar-refractivity contribution in [2.45, 2.75) is 65.3 Å². The third-order valence-electron chi connectivity index (χ3n) is 5.19. The van der Waals surface area contributed by atoms with Crippen LogP contribution in [0, 0.1) is 11.3 Å².